The number of hydrogen-bond acceptors (Lipinski definition) is 3. The highest BCUT2D eigenvalue weighted by atomic mass is 16.5. The molecule has 0 spiro atoms. The zero-order chi connectivity index (χ0) is 18.4. The molecule has 5 nitrogen and oxygen atoms in total. The van der Waals surface area contributed by atoms with Crippen molar-refractivity contribution in [2.45, 2.75) is 25.8 Å². The monoisotopic (exact) mass is 352 g/mol. The SMILES string of the molecule is COc1cccc(CCC(=O)NCC(=O)N2CCc3ccccc3C2)c1. The van der Waals surface area contributed by atoms with Crippen molar-refractivity contribution in [3.8, 4) is 5.75 Å². The van der Waals surface area contributed by atoms with Gasteiger partial charge in [0.2, 0.25) is 11.8 Å². The zero-order valence-corrected chi connectivity index (χ0v) is 15.0. The minimum atomic E-state index is -0.112. The summed E-state index contributed by atoms with van der Waals surface area (Å²) < 4.78 is 5.18. The summed E-state index contributed by atoms with van der Waals surface area (Å²) in [6, 6.07) is 15.9. The lowest BCUT2D eigenvalue weighted by Gasteiger charge is -2.29. The quantitative estimate of drug-likeness (QED) is 0.868. The summed E-state index contributed by atoms with van der Waals surface area (Å²) in [6.07, 6.45) is 1.84. The van der Waals surface area contributed by atoms with E-state index in [1.807, 2.05) is 41.3 Å². The molecule has 1 aliphatic heterocycles. The van der Waals surface area contributed by atoms with Crippen LogP contribution in [0.15, 0.2) is 48.5 Å². The van der Waals surface area contributed by atoms with Gasteiger partial charge in [-0.3, -0.25) is 9.59 Å². The van der Waals surface area contributed by atoms with E-state index in [-0.39, 0.29) is 18.4 Å². The Morgan fingerprint density at radius 2 is 1.92 bits per heavy atom. The van der Waals surface area contributed by atoms with Gasteiger partial charge in [0.15, 0.2) is 0 Å². The van der Waals surface area contributed by atoms with Crippen molar-refractivity contribution in [1.82, 2.24) is 10.2 Å². The van der Waals surface area contributed by atoms with Crippen LogP contribution in [0.5, 0.6) is 5.75 Å². The number of methoxy groups -OCH3 is 1. The van der Waals surface area contributed by atoms with Crippen LogP contribution in [-0.4, -0.2) is 36.9 Å². The minimum Gasteiger partial charge on any atom is -0.497 e. The van der Waals surface area contributed by atoms with Gasteiger partial charge in [-0.2, -0.15) is 0 Å². The summed E-state index contributed by atoms with van der Waals surface area (Å²) >= 11 is 0. The maximum absolute atomic E-state index is 12.4. The Bertz CT molecular complexity index is 788. The van der Waals surface area contributed by atoms with E-state index >= 15 is 0 Å². The molecule has 0 unspecified atom stereocenters. The first-order chi connectivity index (χ1) is 12.7. The molecule has 1 heterocycles. The third kappa shape index (κ3) is 4.63. The molecule has 2 aromatic carbocycles. The standard InChI is InChI=1S/C21H24N2O3/c1-26-19-8-4-5-16(13-19)9-10-20(24)22-14-21(25)23-12-11-17-6-2-3-7-18(17)15-23/h2-8,13H,9-12,14-15H2,1H3,(H,22,24). The number of hydrogen-bond donors (Lipinski definition) is 1. The number of carbonyl (C=O) groups excluding carboxylic acids is 2. The second kappa shape index (κ2) is 8.52. The molecule has 0 atom stereocenters. The fraction of sp³-hybridized carbons (Fsp3) is 0.333. The summed E-state index contributed by atoms with van der Waals surface area (Å²) in [6.45, 7) is 1.38. The highest BCUT2D eigenvalue weighted by Gasteiger charge is 2.20. The van der Waals surface area contributed by atoms with E-state index in [9.17, 15) is 9.59 Å². The van der Waals surface area contributed by atoms with E-state index in [1.165, 1.54) is 11.1 Å². The molecule has 2 aromatic rings. The van der Waals surface area contributed by atoms with Gasteiger partial charge in [-0.1, -0.05) is 36.4 Å². The number of aryl methyl sites for hydroxylation is 1. The van der Waals surface area contributed by atoms with Crippen molar-refractivity contribution in [3.05, 3.63) is 65.2 Å². The number of ether oxygens (including phenoxy) is 1. The number of amides is 2. The largest absolute Gasteiger partial charge is 0.497 e. The first-order valence-corrected chi connectivity index (χ1v) is 8.90. The Hall–Kier alpha value is -2.82. The number of carbonyl (C=O) groups is 2. The molecule has 0 bridgehead atoms. The van der Waals surface area contributed by atoms with Gasteiger partial charge in [-0.15, -0.1) is 0 Å². The molecule has 1 aliphatic rings. The number of rotatable bonds is 6. The predicted octanol–water partition coefficient (Wildman–Crippen LogP) is 2.33. The van der Waals surface area contributed by atoms with E-state index in [0.717, 1.165) is 17.7 Å². The molecule has 0 aromatic heterocycles. The van der Waals surface area contributed by atoms with E-state index in [0.29, 0.717) is 25.9 Å². The van der Waals surface area contributed by atoms with Crippen LogP contribution in [0.4, 0.5) is 0 Å². The first kappa shape index (κ1) is 18.0. The maximum atomic E-state index is 12.4. The summed E-state index contributed by atoms with van der Waals surface area (Å²) in [4.78, 5) is 26.2. The third-order valence-electron chi connectivity index (χ3n) is 4.70. The molecule has 26 heavy (non-hydrogen) atoms. The van der Waals surface area contributed by atoms with Gasteiger partial charge < -0.3 is 15.0 Å². The molecular formula is C21H24N2O3. The van der Waals surface area contributed by atoms with Crippen molar-refractivity contribution in [3.63, 3.8) is 0 Å². The molecule has 0 radical (unpaired) electrons. The van der Waals surface area contributed by atoms with Crippen LogP contribution in [0, 0.1) is 0 Å². The molecule has 0 saturated carbocycles. The van der Waals surface area contributed by atoms with Crippen molar-refractivity contribution >= 4 is 11.8 Å². The summed E-state index contributed by atoms with van der Waals surface area (Å²) in [5.41, 5.74) is 3.54. The fourth-order valence-corrected chi connectivity index (χ4v) is 3.17. The summed E-state index contributed by atoms with van der Waals surface area (Å²) in [5, 5.41) is 2.74. The molecule has 0 saturated heterocycles. The number of benzene rings is 2. The van der Waals surface area contributed by atoms with E-state index < -0.39 is 0 Å². The molecule has 136 valence electrons. The Morgan fingerprint density at radius 3 is 2.73 bits per heavy atom. The third-order valence-corrected chi connectivity index (χ3v) is 4.70. The van der Waals surface area contributed by atoms with Crippen molar-refractivity contribution < 1.29 is 14.3 Å². The lowest BCUT2D eigenvalue weighted by Crippen LogP contribution is -2.42. The Kier molecular flexibility index (Phi) is 5.89. The number of nitrogens with one attached hydrogen (secondary N) is 1. The van der Waals surface area contributed by atoms with Crippen LogP contribution in [0.2, 0.25) is 0 Å². The van der Waals surface area contributed by atoms with E-state index in [4.69, 9.17) is 4.74 Å². The van der Waals surface area contributed by atoms with E-state index in [2.05, 4.69) is 17.4 Å². The van der Waals surface area contributed by atoms with Gasteiger partial charge in [0, 0.05) is 19.5 Å². The number of nitrogens with zero attached hydrogens (tertiary/aromatic N) is 1. The van der Waals surface area contributed by atoms with Crippen molar-refractivity contribution in [2.24, 2.45) is 0 Å². The average Bonchev–Trinajstić information content (AvgIpc) is 2.70. The van der Waals surface area contributed by atoms with Crippen LogP contribution in [0.1, 0.15) is 23.1 Å². The predicted molar refractivity (Wildman–Crippen MR) is 99.9 cm³/mol. The van der Waals surface area contributed by atoms with E-state index in [1.54, 1.807) is 7.11 Å². The summed E-state index contributed by atoms with van der Waals surface area (Å²) in [7, 11) is 1.62. The molecule has 5 heteroatoms. The second-order valence-corrected chi connectivity index (χ2v) is 6.46. The lowest BCUT2D eigenvalue weighted by molar-refractivity contribution is -0.133. The molecule has 3 rings (SSSR count). The van der Waals surface area contributed by atoms with Crippen LogP contribution < -0.4 is 10.1 Å². The lowest BCUT2D eigenvalue weighted by atomic mass is 10.00. The van der Waals surface area contributed by atoms with Crippen molar-refractivity contribution in [2.75, 3.05) is 20.2 Å². The molecule has 0 fully saturated rings. The molecule has 0 aliphatic carbocycles. The van der Waals surface area contributed by atoms with Crippen LogP contribution in [-0.2, 0) is 29.0 Å². The highest BCUT2D eigenvalue weighted by Crippen LogP contribution is 2.18. The van der Waals surface area contributed by atoms with Gasteiger partial charge in [-0.25, -0.2) is 0 Å². The Morgan fingerprint density at radius 1 is 1.12 bits per heavy atom. The summed E-state index contributed by atoms with van der Waals surface area (Å²) in [5.74, 6) is 0.635. The van der Waals surface area contributed by atoms with Gasteiger partial charge in [0.1, 0.15) is 5.75 Å². The zero-order valence-electron chi connectivity index (χ0n) is 15.0. The highest BCUT2D eigenvalue weighted by molar-refractivity contribution is 5.85. The average molecular weight is 352 g/mol. The molecular weight excluding hydrogens is 328 g/mol. The van der Waals surface area contributed by atoms with Gasteiger partial charge in [-0.05, 0) is 41.7 Å². The topological polar surface area (TPSA) is 58.6 Å². The smallest absolute Gasteiger partial charge is 0.242 e. The normalized spacial score (nSPS) is 13.0. The van der Waals surface area contributed by atoms with Gasteiger partial charge >= 0.3 is 0 Å². The number of fused-ring (bicyclic) bond motifs is 1. The Labute approximate surface area is 154 Å². The van der Waals surface area contributed by atoms with Crippen LogP contribution >= 0.6 is 0 Å². The molecule has 1 N–H and O–H groups in total. The van der Waals surface area contributed by atoms with Crippen LogP contribution in [0.25, 0.3) is 0 Å². The van der Waals surface area contributed by atoms with Crippen LogP contribution in [0.3, 0.4) is 0 Å². The fourth-order valence-electron chi connectivity index (χ4n) is 3.17. The second-order valence-electron chi connectivity index (χ2n) is 6.46. The Balaban J connectivity index is 1.43. The first-order valence-electron chi connectivity index (χ1n) is 8.90. The van der Waals surface area contributed by atoms with Gasteiger partial charge in [0.25, 0.3) is 0 Å². The maximum Gasteiger partial charge on any atom is 0.242 e. The molecule has 2 amide bonds. The van der Waals surface area contributed by atoms with Gasteiger partial charge in [0.05, 0.1) is 13.7 Å². The minimum absolute atomic E-state index is 0.0331. The van der Waals surface area contributed by atoms with Crippen molar-refractivity contribution in [1.29, 1.82) is 0 Å².